The van der Waals surface area contributed by atoms with Gasteiger partial charge < -0.3 is 20.7 Å². The van der Waals surface area contributed by atoms with E-state index in [0.29, 0.717) is 18.0 Å². The van der Waals surface area contributed by atoms with Crippen LogP contribution in [0.1, 0.15) is 56.5 Å². The summed E-state index contributed by atoms with van der Waals surface area (Å²) in [6.07, 6.45) is 2.53. The van der Waals surface area contributed by atoms with E-state index in [2.05, 4.69) is 43.6 Å². The average Bonchev–Trinajstić information content (AvgIpc) is 2.69. The Bertz CT molecular complexity index is 673. The van der Waals surface area contributed by atoms with E-state index in [0.717, 1.165) is 37.6 Å². The van der Waals surface area contributed by atoms with E-state index in [4.69, 9.17) is 9.73 Å². The number of aliphatic imine (C=N–C) groups is 1. The van der Waals surface area contributed by atoms with Gasteiger partial charge in [0.15, 0.2) is 5.96 Å². The standard InChI is InChI=1S/C22H36N4O2.HI/c1-6-24-21(25-14-16-9-7-10-17(13-16)20(27)23-5)26-15-18-11-8-12-28-19(18)22(2,3)4;/h7,9-10,13,18-19H,6,8,11-12,14-15H2,1-5H3,(H,23,27)(H2,24,25,26);1H. The predicted octanol–water partition coefficient (Wildman–Crippen LogP) is 3.56. The molecule has 1 amide bonds. The molecule has 3 N–H and O–H groups in total. The van der Waals surface area contributed by atoms with Gasteiger partial charge >= 0.3 is 0 Å². The summed E-state index contributed by atoms with van der Waals surface area (Å²) in [7, 11) is 1.64. The van der Waals surface area contributed by atoms with Crippen LogP contribution in [0, 0.1) is 11.3 Å². The Labute approximate surface area is 192 Å². The van der Waals surface area contributed by atoms with Crippen LogP contribution in [0.5, 0.6) is 0 Å². The third kappa shape index (κ3) is 8.12. The molecule has 6 nitrogen and oxygen atoms in total. The van der Waals surface area contributed by atoms with Crippen molar-refractivity contribution in [1.29, 1.82) is 0 Å². The Kier molecular flexibility index (Phi) is 11.0. The highest BCUT2D eigenvalue weighted by Gasteiger charge is 2.35. The fourth-order valence-corrected chi connectivity index (χ4v) is 3.70. The van der Waals surface area contributed by atoms with Crippen LogP contribution < -0.4 is 16.0 Å². The Balaban J connectivity index is 0.00000420. The number of nitrogens with zero attached hydrogens (tertiary/aromatic N) is 1. The first-order valence-corrected chi connectivity index (χ1v) is 10.3. The van der Waals surface area contributed by atoms with Crippen LogP contribution in [0.25, 0.3) is 0 Å². The highest BCUT2D eigenvalue weighted by atomic mass is 127. The monoisotopic (exact) mass is 516 g/mol. The Morgan fingerprint density at radius 1 is 1.28 bits per heavy atom. The molecule has 1 aromatic carbocycles. The van der Waals surface area contributed by atoms with Gasteiger partial charge in [-0.2, -0.15) is 0 Å². The molecule has 0 aliphatic carbocycles. The summed E-state index contributed by atoms with van der Waals surface area (Å²) in [6, 6.07) is 7.58. The highest BCUT2D eigenvalue weighted by molar-refractivity contribution is 14.0. The SMILES string of the molecule is CCNC(=NCc1cccc(C(=O)NC)c1)NCC1CCCOC1C(C)(C)C.I. The number of hydrogen-bond acceptors (Lipinski definition) is 3. The lowest BCUT2D eigenvalue weighted by Crippen LogP contribution is -2.47. The molecule has 0 radical (unpaired) electrons. The maximum Gasteiger partial charge on any atom is 0.251 e. The topological polar surface area (TPSA) is 74.8 Å². The van der Waals surface area contributed by atoms with Crippen LogP contribution >= 0.6 is 24.0 Å². The molecule has 0 saturated carbocycles. The van der Waals surface area contributed by atoms with Gasteiger partial charge in [-0.05, 0) is 42.9 Å². The molecule has 2 atom stereocenters. The van der Waals surface area contributed by atoms with Gasteiger partial charge in [0, 0.05) is 38.2 Å². The third-order valence-electron chi connectivity index (χ3n) is 5.01. The molecule has 1 aliphatic heterocycles. The second-order valence-corrected chi connectivity index (χ2v) is 8.42. The molecule has 0 aromatic heterocycles. The van der Waals surface area contributed by atoms with E-state index in [9.17, 15) is 4.79 Å². The van der Waals surface area contributed by atoms with Crippen molar-refractivity contribution >= 4 is 35.8 Å². The number of rotatable bonds is 6. The molecule has 1 saturated heterocycles. The summed E-state index contributed by atoms with van der Waals surface area (Å²) in [5, 5.41) is 9.46. The lowest BCUT2D eigenvalue weighted by atomic mass is 9.78. The van der Waals surface area contributed by atoms with Crippen molar-refractivity contribution in [1.82, 2.24) is 16.0 Å². The van der Waals surface area contributed by atoms with E-state index in [1.807, 2.05) is 24.3 Å². The number of carbonyl (C=O) groups excluding carboxylic acids is 1. The van der Waals surface area contributed by atoms with Crippen LogP contribution in [0.4, 0.5) is 0 Å². The molecule has 0 bridgehead atoms. The molecule has 1 aliphatic rings. The summed E-state index contributed by atoms with van der Waals surface area (Å²) in [5.41, 5.74) is 1.79. The minimum absolute atomic E-state index is 0. The third-order valence-corrected chi connectivity index (χ3v) is 5.01. The number of carbonyl (C=O) groups is 1. The zero-order valence-electron chi connectivity index (χ0n) is 18.4. The minimum atomic E-state index is -0.0821. The zero-order valence-corrected chi connectivity index (χ0v) is 20.7. The van der Waals surface area contributed by atoms with E-state index in [1.54, 1.807) is 7.05 Å². The molecule has 1 heterocycles. The van der Waals surface area contributed by atoms with E-state index >= 15 is 0 Å². The smallest absolute Gasteiger partial charge is 0.251 e. The number of guanidine groups is 1. The Morgan fingerprint density at radius 2 is 2.03 bits per heavy atom. The highest BCUT2D eigenvalue weighted by Crippen LogP contribution is 2.33. The van der Waals surface area contributed by atoms with Crippen molar-refractivity contribution in [3.8, 4) is 0 Å². The molecule has 164 valence electrons. The summed E-state index contributed by atoms with van der Waals surface area (Å²) in [4.78, 5) is 16.5. The maximum atomic E-state index is 11.8. The van der Waals surface area contributed by atoms with Crippen molar-refractivity contribution in [3.63, 3.8) is 0 Å². The number of halogens is 1. The summed E-state index contributed by atoms with van der Waals surface area (Å²) < 4.78 is 6.08. The second-order valence-electron chi connectivity index (χ2n) is 8.42. The first kappa shape index (κ1) is 25.7. The fourth-order valence-electron chi connectivity index (χ4n) is 3.70. The molecule has 2 rings (SSSR count). The first-order chi connectivity index (χ1) is 13.3. The van der Waals surface area contributed by atoms with Gasteiger partial charge in [-0.25, -0.2) is 4.99 Å². The number of hydrogen-bond donors (Lipinski definition) is 3. The number of amides is 1. The molecule has 1 aromatic rings. The molecule has 29 heavy (non-hydrogen) atoms. The predicted molar refractivity (Wildman–Crippen MR) is 130 cm³/mol. The molecule has 2 unspecified atom stereocenters. The van der Waals surface area contributed by atoms with Gasteiger partial charge in [0.05, 0.1) is 12.6 Å². The van der Waals surface area contributed by atoms with Crippen molar-refractivity contribution in [2.75, 3.05) is 26.7 Å². The second kappa shape index (κ2) is 12.4. The maximum absolute atomic E-state index is 11.8. The zero-order chi connectivity index (χ0) is 20.6. The molecule has 7 heteroatoms. The lowest BCUT2D eigenvalue weighted by Gasteiger charge is -2.40. The molecular formula is C22H37IN4O2. The number of benzene rings is 1. The van der Waals surface area contributed by atoms with Crippen LogP contribution in [-0.4, -0.2) is 44.7 Å². The Morgan fingerprint density at radius 3 is 2.69 bits per heavy atom. The summed E-state index contributed by atoms with van der Waals surface area (Å²) in [5.74, 6) is 1.18. The number of nitrogens with one attached hydrogen (secondary N) is 3. The molecular weight excluding hydrogens is 479 g/mol. The minimum Gasteiger partial charge on any atom is -0.377 e. The Hall–Kier alpha value is -1.35. The van der Waals surface area contributed by atoms with Crippen molar-refractivity contribution < 1.29 is 9.53 Å². The van der Waals surface area contributed by atoms with Crippen molar-refractivity contribution in [3.05, 3.63) is 35.4 Å². The van der Waals surface area contributed by atoms with E-state index in [1.165, 1.54) is 6.42 Å². The van der Waals surface area contributed by atoms with E-state index < -0.39 is 0 Å². The van der Waals surface area contributed by atoms with Gasteiger partial charge in [0.25, 0.3) is 5.91 Å². The van der Waals surface area contributed by atoms with Gasteiger partial charge in [-0.3, -0.25) is 4.79 Å². The van der Waals surface area contributed by atoms with E-state index in [-0.39, 0.29) is 41.4 Å². The van der Waals surface area contributed by atoms with Crippen LogP contribution in [0.2, 0.25) is 0 Å². The van der Waals surface area contributed by atoms with Crippen LogP contribution in [-0.2, 0) is 11.3 Å². The normalized spacial score (nSPS) is 19.8. The molecule has 0 spiro atoms. The number of ether oxygens (including phenoxy) is 1. The van der Waals surface area contributed by atoms with Crippen molar-refractivity contribution in [2.45, 2.75) is 53.2 Å². The van der Waals surface area contributed by atoms with Crippen molar-refractivity contribution in [2.24, 2.45) is 16.3 Å². The van der Waals surface area contributed by atoms with Gasteiger partial charge in [-0.15, -0.1) is 24.0 Å². The lowest BCUT2D eigenvalue weighted by molar-refractivity contribution is -0.0835. The fraction of sp³-hybridized carbons (Fsp3) is 0.636. The molecule has 1 fully saturated rings. The quantitative estimate of drug-likeness (QED) is 0.307. The largest absolute Gasteiger partial charge is 0.377 e. The summed E-state index contributed by atoms with van der Waals surface area (Å²) in [6.45, 7) is 11.8. The first-order valence-electron chi connectivity index (χ1n) is 10.3. The van der Waals surface area contributed by atoms with Crippen LogP contribution in [0.15, 0.2) is 29.3 Å². The van der Waals surface area contributed by atoms with Gasteiger partial charge in [0.1, 0.15) is 0 Å². The average molecular weight is 516 g/mol. The van der Waals surface area contributed by atoms with Crippen LogP contribution in [0.3, 0.4) is 0 Å². The van der Waals surface area contributed by atoms with Gasteiger partial charge in [-0.1, -0.05) is 32.9 Å². The van der Waals surface area contributed by atoms with Gasteiger partial charge in [0.2, 0.25) is 0 Å². The summed E-state index contributed by atoms with van der Waals surface area (Å²) >= 11 is 0.